The van der Waals surface area contributed by atoms with Crippen molar-refractivity contribution < 1.29 is 17.9 Å². The fraction of sp³-hybridized carbons (Fsp3) is 0.350. The zero-order valence-corrected chi connectivity index (χ0v) is 17.2. The molecule has 0 unspecified atom stereocenters. The first kappa shape index (κ1) is 20.6. The number of halogens is 1. The molecule has 150 valence electrons. The molecule has 0 bridgehead atoms. The molecular weight excluding hydrogens is 400 g/mol. The largest absolute Gasteiger partial charge is 0.494 e. The van der Waals surface area contributed by atoms with Crippen molar-refractivity contribution in [2.45, 2.75) is 24.7 Å². The molecule has 1 saturated heterocycles. The third kappa shape index (κ3) is 4.84. The van der Waals surface area contributed by atoms with E-state index in [2.05, 4.69) is 5.32 Å². The van der Waals surface area contributed by atoms with Gasteiger partial charge in [-0.05, 0) is 56.2 Å². The molecule has 3 rings (SSSR count). The molecule has 0 saturated carbocycles. The summed E-state index contributed by atoms with van der Waals surface area (Å²) in [5.74, 6) is 0.0760. The van der Waals surface area contributed by atoms with E-state index >= 15 is 0 Å². The predicted octanol–water partition coefficient (Wildman–Crippen LogP) is 3.78. The number of amides is 1. The first-order valence-electron chi connectivity index (χ1n) is 9.19. The maximum Gasteiger partial charge on any atom is 0.243 e. The van der Waals surface area contributed by atoms with Crippen LogP contribution >= 0.6 is 11.6 Å². The molecule has 1 atom stereocenters. The number of carbonyl (C=O) groups is 1. The van der Waals surface area contributed by atoms with Crippen LogP contribution in [-0.2, 0) is 14.8 Å². The number of sulfonamides is 1. The second-order valence-electron chi connectivity index (χ2n) is 6.61. The van der Waals surface area contributed by atoms with Crippen molar-refractivity contribution in [2.24, 2.45) is 5.92 Å². The lowest BCUT2D eigenvalue weighted by Crippen LogP contribution is -2.43. The van der Waals surface area contributed by atoms with E-state index in [0.717, 1.165) is 0 Å². The summed E-state index contributed by atoms with van der Waals surface area (Å²) in [7, 11) is -3.66. The summed E-state index contributed by atoms with van der Waals surface area (Å²) in [6, 6.07) is 13.2. The topological polar surface area (TPSA) is 75.7 Å². The van der Waals surface area contributed by atoms with E-state index < -0.39 is 15.9 Å². The van der Waals surface area contributed by atoms with Gasteiger partial charge < -0.3 is 10.1 Å². The Morgan fingerprint density at radius 1 is 1.25 bits per heavy atom. The SMILES string of the molecule is CCOc1cccc(NC(=O)[C@H]2CCCN(S(=O)(=O)c3ccc(Cl)cc3)C2)c1. The van der Waals surface area contributed by atoms with Gasteiger partial charge in [0.15, 0.2) is 0 Å². The van der Waals surface area contributed by atoms with E-state index in [1.54, 1.807) is 30.3 Å². The molecule has 6 nitrogen and oxygen atoms in total. The highest BCUT2D eigenvalue weighted by Gasteiger charge is 2.33. The number of ether oxygens (including phenoxy) is 1. The van der Waals surface area contributed by atoms with E-state index in [9.17, 15) is 13.2 Å². The van der Waals surface area contributed by atoms with Gasteiger partial charge in [0, 0.05) is 29.9 Å². The highest BCUT2D eigenvalue weighted by molar-refractivity contribution is 7.89. The van der Waals surface area contributed by atoms with Crippen LogP contribution in [-0.4, -0.2) is 38.3 Å². The normalized spacial score (nSPS) is 17.9. The molecule has 28 heavy (non-hydrogen) atoms. The molecule has 1 aliphatic rings. The van der Waals surface area contributed by atoms with Gasteiger partial charge in [0.1, 0.15) is 5.75 Å². The van der Waals surface area contributed by atoms with Crippen molar-refractivity contribution >= 4 is 33.2 Å². The number of hydrogen-bond acceptors (Lipinski definition) is 4. The van der Waals surface area contributed by atoms with Crippen molar-refractivity contribution in [1.82, 2.24) is 4.31 Å². The fourth-order valence-corrected chi connectivity index (χ4v) is 4.85. The molecular formula is C20H23ClN2O4S. The average Bonchev–Trinajstić information content (AvgIpc) is 2.69. The summed E-state index contributed by atoms with van der Waals surface area (Å²) in [6.07, 6.45) is 1.27. The van der Waals surface area contributed by atoms with Gasteiger partial charge in [-0.25, -0.2) is 8.42 Å². The Balaban J connectivity index is 1.69. The smallest absolute Gasteiger partial charge is 0.243 e. The Morgan fingerprint density at radius 3 is 2.71 bits per heavy atom. The molecule has 1 N–H and O–H groups in total. The summed E-state index contributed by atoms with van der Waals surface area (Å²) < 4.78 is 32.6. The summed E-state index contributed by atoms with van der Waals surface area (Å²) in [4.78, 5) is 12.9. The van der Waals surface area contributed by atoms with Crippen LogP contribution in [0.3, 0.4) is 0 Å². The van der Waals surface area contributed by atoms with Crippen molar-refractivity contribution in [1.29, 1.82) is 0 Å². The van der Waals surface area contributed by atoms with Crippen LogP contribution in [0.15, 0.2) is 53.4 Å². The van der Waals surface area contributed by atoms with Gasteiger partial charge in [0.05, 0.1) is 17.4 Å². The maximum atomic E-state index is 12.9. The van der Waals surface area contributed by atoms with Gasteiger partial charge in [-0.2, -0.15) is 4.31 Å². The number of hydrogen-bond donors (Lipinski definition) is 1. The minimum absolute atomic E-state index is 0.155. The third-order valence-electron chi connectivity index (χ3n) is 4.62. The first-order valence-corrected chi connectivity index (χ1v) is 11.0. The third-order valence-corrected chi connectivity index (χ3v) is 6.75. The monoisotopic (exact) mass is 422 g/mol. The highest BCUT2D eigenvalue weighted by Crippen LogP contribution is 2.26. The first-order chi connectivity index (χ1) is 13.4. The number of rotatable bonds is 6. The minimum Gasteiger partial charge on any atom is -0.494 e. The van der Waals surface area contributed by atoms with Crippen LogP contribution in [0.25, 0.3) is 0 Å². The Kier molecular flexibility index (Phi) is 6.59. The number of piperidine rings is 1. The van der Waals surface area contributed by atoms with Crippen LogP contribution in [0, 0.1) is 5.92 Å². The van der Waals surface area contributed by atoms with Gasteiger partial charge in [0.25, 0.3) is 0 Å². The van der Waals surface area contributed by atoms with E-state index in [-0.39, 0.29) is 17.3 Å². The van der Waals surface area contributed by atoms with Crippen molar-refractivity contribution in [3.8, 4) is 5.75 Å². The zero-order valence-electron chi connectivity index (χ0n) is 15.6. The van der Waals surface area contributed by atoms with Crippen LogP contribution < -0.4 is 10.1 Å². The van der Waals surface area contributed by atoms with Crippen LogP contribution in [0.2, 0.25) is 5.02 Å². The number of nitrogens with zero attached hydrogens (tertiary/aromatic N) is 1. The molecule has 2 aromatic carbocycles. The van der Waals surface area contributed by atoms with Crippen molar-refractivity contribution in [3.05, 3.63) is 53.6 Å². The fourth-order valence-electron chi connectivity index (χ4n) is 3.20. The minimum atomic E-state index is -3.66. The summed E-state index contributed by atoms with van der Waals surface area (Å²) >= 11 is 5.85. The number of nitrogens with one attached hydrogen (secondary N) is 1. The van der Waals surface area contributed by atoms with E-state index in [4.69, 9.17) is 16.3 Å². The molecule has 1 amide bonds. The quantitative estimate of drug-likeness (QED) is 0.768. The average molecular weight is 423 g/mol. The lowest BCUT2D eigenvalue weighted by atomic mass is 9.98. The summed E-state index contributed by atoms with van der Waals surface area (Å²) in [5.41, 5.74) is 0.633. The van der Waals surface area contributed by atoms with Crippen molar-refractivity contribution in [3.63, 3.8) is 0 Å². The zero-order chi connectivity index (χ0) is 20.1. The summed E-state index contributed by atoms with van der Waals surface area (Å²) in [6.45, 7) is 2.98. The van der Waals surface area contributed by atoms with Gasteiger partial charge in [-0.1, -0.05) is 17.7 Å². The standard InChI is InChI=1S/C20H23ClN2O4S/c1-2-27-18-7-3-6-17(13-18)22-20(24)15-5-4-12-23(14-15)28(25,26)19-10-8-16(21)9-11-19/h3,6-11,13,15H,2,4-5,12,14H2,1H3,(H,22,24)/t15-/m0/s1. The predicted molar refractivity (Wildman–Crippen MR) is 109 cm³/mol. The molecule has 0 spiro atoms. The Labute approximate surface area is 170 Å². The Morgan fingerprint density at radius 2 is 2.00 bits per heavy atom. The molecule has 0 aliphatic carbocycles. The highest BCUT2D eigenvalue weighted by atomic mass is 35.5. The van der Waals surface area contributed by atoms with Crippen LogP contribution in [0.1, 0.15) is 19.8 Å². The molecule has 1 heterocycles. The van der Waals surface area contributed by atoms with Gasteiger partial charge >= 0.3 is 0 Å². The van der Waals surface area contributed by atoms with E-state index in [1.807, 2.05) is 13.0 Å². The molecule has 1 aliphatic heterocycles. The molecule has 1 fully saturated rings. The second kappa shape index (κ2) is 8.94. The van der Waals surface area contributed by atoms with E-state index in [1.165, 1.54) is 16.4 Å². The molecule has 2 aromatic rings. The van der Waals surface area contributed by atoms with Crippen molar-refractivity contribution in [2.75, 3.05) is 25.0 Å². The Bertz CT molecular complexity index is 931. The van der Waals surface area contributed by atoms with Gasteiger partial charge in [-0.15, -0.1) is 0 Å². The lowest BCUT2D eigenvalue weighted by Gasteiger charge is -2.31. The number of carbonyl (C=O) groups excluding carboxylic acids is 1. The van der Waals surface area contributed by atoms with Crippen LogP contribution in [0.5, 0.6) is 5.75 Å². The van der Waals surface area contributed by atoms with Crippen LogP contribution in [0.4, 0.5) is 5.69 Å². The van der Waals surface area contributed by atoms with E-state index in [0.29, 0.717) is 42.5 Å². The maximum absolute atomic E-state index is 12.9. The van der Waals surface area contributed by atoms with Gasteiger partial charge in [0.2, 0.25) is 15.9 Å². The Hall–Kier alpha value is -2.09. The number of anilines is 1. The second-order valence-corrected chi connectivity index (χ2v) is 8.98. The number of benzene rings is 2. The summed E-state index contributed by atoms with van der Waals surface area (Å²) in [5, 5.41) is 3.35. The molecule has 8 heteroatoms. The molecule has 0 aromatic heterocycles. The van der Waals surface area contributed by atoms with Gasteiger partial charge in [-0.3, -0.25) is 4.79 Å². The lowest BCUT2D eigenvalue weighted by molar-refractivity contribution is -0.120. The molecule has 0 radical (unpaired) electrons.